The van der Waals surface area contributed by atoms with E-state index in [-0.39, 0.29) is 20.8 Å². The number of halogens is 2. The van der Waals surface area contributed by atoms with E-state index in [9.17, 15) is 8.42 Å². The number of sulfonamides is 1. The van der Waals surface area contributed by atoms with Crippen molar-refractivity contribution in [3.8, 4) is 0 Å². The van der Waals surface area contributed by atoms with Gasteiger partial charge in [-0.2, -0.15) is 0 Å². The SMILES string of the molecule is NC(=S)C(NS(=O)(=O)c1ccc(Cl)c(Cl)c1)C1CC1. The molecule has 0 heterocycles. The Kier molecular flexibility index (Phi) is 4.37. The molecule has 104 valence electrons. The molecule has 8 heteroatoms. The van der Waals surface area contributed by atoms with Crippen LogP contribution in [0.25, 0.3) is 0 Å². The summed E-state index contributed by atoms with van der Waals surface area (Å²) < 4.78 is 27.0. The monoisotopic (exact) mass is 338 g/mol. The Balaban J connectivity index is 2.26. The molecule has 0 radical (unpaired) electrons. The Hall–Kier alpha value is -0.400. The summed E-state index contributed by atoms with van der Waals surface area (Å²) in [5, 5.41) is 0.483. The van der Waals surface area contributed by atoms with Gasteiger partial charge in [-0.3, -0.25) is 0 Å². The van der Waals surface area contributed by atoms with Crippen LogP contribution < -0.4 is 10.5 Å². The van der Waals surface area contributed by atoms with Crippen LogP contribution in [0.4, 0.5) is 0 Å². The molecule has 1 aromatic rings. The molecule has 19 heavy (non-hydrogen) atoms. The molecule has 0 amide bonds. The fourth-order valence-electron chi connectivity index (χ4n) is 1.70. The van der Waals surface area contributed by atoms with Gasteiger partial charge in [0.2, 0.25) is 10.0 Å². The van der Waals surface area contributed by atoms with Crippen molar-refractivity contribution in [3.05, 3.63) is 28.2 Å². The predicted octanol–water partition coefficient (Wildman–Crippen LogP) is 2.34. The average molecular weight is 339 g/mol. The maximum absolute atomic E-state index is 12.2. The second-order valence-electron chi connectivity index (χ2n) is 4.41. The van der Waals surface area contributed by atoms with Crippen molar-refractivity contribution >= 4 is 50.4 Å². The number of thiocarbonyl (C=S) groups is 1. The molecule has 1 atom stereocenters. The standard InChI is InChI=1S/C11H12Cl2N2O2S2/c12-8-4-3-7(5-9(8)13)19(16,17)15-10(11(14)18)6-1-2-6/h3-6,10,15H,1-2H2,(H2,14,18). The van der Waals surface area contributed by atoms with Crippen LogP contribution in [0, 0.1) is 5.92 Å². The third kappa shape index (κ3) is 3.58. The molecule has 1 fully saturated rings. The van der Waals surface area contributed by atoms with E-state index < -0.39 is 16.1 Å². The van der Waals surface area contributed by atoms with E-state index in [0.29, 0.717) is 5.02 Å². The molecule has 0 spiro atoms. The zero-order valence-corrected chi connectivity index (χ0v) is 12.9. The van der Waals surface area contributed by atoms with E-state index in [1.165, 1.54) is 18.2 Å². The molecule has 0 aliphatic heterocycles. The Morgan fingerprint density at radius 2 is 2.00 bits per heavy atom. The largest absolute Gasteiger partial charge is 0.392 e. The van der Waals surface area contributed by atoms with Gasteiger partial charge in [0.25, 0.3) is 0 Å². The Morgan fingerprint density at radius 1 is 1.37 bits per heavy atom. The molecular weight excluding hydrogens is 327 g/mol. The first-order valence-electron chi connectivity index (χ1n) is 5.58. The average Bonchev–Trinajstić information content (AvgIpc) is 3.13. The molecule has 4 nitrogen and oxygen atoms in total. The van der Waals surface area contributed by atoms with E-state index >= 15 is 0 Å². The molecule has 1 aromatic carbocycles. The lowest BCUT2D eigenvalue weighted by Gasteiger charge is -2.17. The van der Waals surface area contributed by atoms with Crippen LogP contribution in [0.1, 0.15) is 12.8 Å². The highest BCUT2D eigenvalue weighted by atomic mass is 35.5. The highest BCUT2D eigenvalue weighted by Crippen LogP contribution is 2.34. The zero-order chi connectivity index (χ0) is 14.2. The van der Waals surface area contributed by atoms with Gasteiger partial charge in [-0.25, -0.2) is 13.1 Å². The summed E-state index contributed by atoms with van der Waals surface area (Å²) in [6, 6.07) is 3.62. The van der Waals surface area contributed by atoms with Gasteiger partial charge < -0.3 is 5.73 Å². The van der Waals surface area contributed by atoms with E-state index in [0.717, 1.165) is 12.8 Å². The van der Waals surface area contributed by atoms with Gasteiger partial charge >= 0.3 is 0 Å². The second kappa shape index (κ2) is 5.54. The van der Waals surface area contributed by atoms with E-state index in [2.05, 4.69) is 4.72 Å². The van der Waals surface area contributed by atoms with Crippen molar-refractivity contribution < 1.29 is 8.42 Å². The van der Waals surface area contributed by atoms with Crippen molar-refractivity contribution in [2.24, 2.45) is 11.7 Å². The Labute approximate surface area is 127 Å². The van der Waals surface area contributed by atoms with Crippen LogP contribution in [-0.4, -0.2) is 19.4 Å². The summed E-state index contributed by atoms with van der Waals surface area (Å²) in [6.45, 7) is 0. The number of benzene rings is 1. The minimum absolute atomic E-state index is 0.0452. The highest BCUT2D eigenvalue weighted by Gasteiger charge is 2.36. The second-order valence-corrected chi connectivity index (χ2v) is 7.41. The van der Waals surface area contributed by atoms with Crippen molar-refractivity contribution in [1.82, 2.24) is 4.72 Å². The molecule has 1 aliphatic carbocycles. The molecule has 0 aromatic heterocycles. The zero-order valence-electron chi connectivity index (χ0n) is 9.77. The molecule has 1 saturated carbocycles. The molecule has 1 aliphatic rings. The fraction of sp³-hybridized carbons (Fsp3) is 0.364. The maximum atomic E-state index is 12.2. The van der Waals surface area contributed by atoms with Crippen LogP contribution in [0.5, 0.6) is 0 Å². The van der Waals surface area contributed by atoms with Crippen molar-refractivity contribution in [3.63, 3.8) is 0 Å². The Morgan fingerprint density at radius 3 is 2.47 bits per heavy atom. The molecular formula is C11H12Cl2N2O2S2. The topological polar surface area (TPSA) is 72.2 Å². The summed E-state index contributed by atoms with van der Waals surface area (Å²) in [5.41, 5.74) is 5.57. The Bertz CT molecular complexity index is 615. The first-order chi connectivity index (χ1) is 8.81. The van der Waals surface area contributed by atoms with Gasteiger partial charge in [0.15, 0.2) is 0 Å². The van der Waals surface area contributed by atoms with Gasteiger partial charge in [0.05, 0.1) is 26.0 Å². The summed E-state index contributed by atoms with van der Waals surface area (Å²) in [6.07, 6.45) is 1.85. The third-order valence-corrected chi connectivity index (χ3v) is 5.32. The fourth-order valence-corrected chi connectivity index (χ4v) is 3.69. The number of hydrogen-bond acceptors (Lipinski definition) is 3. The lowest BCUT2D eigenvalue weighted by molar-refractivity contribution is 0.565. The first-order valence-corrected chi connectivity index (χ1v) is 8.22. The highest BCUT2D eigenvalue weighted by molar-refractivity contribution is 7.89. The normalized spacial score (nSPS) is 17.2. The van der Waals surface area contributed by atoms with Gasteiger partial charge in [-0.1, -0.05) is 35.4 Å². The van der Waals surface area contributed by atoms with Crippen molar-refractivity contribution in [2.45, 2.75) is 23.8 Å². The summed E-state index contributed by atoms with van der Waals surface area (Å²) in [5.74, 6) is 0.190. The van der Waals surface area contributed by atoms with E-state index in [1.807, 2.05) is 0 Å². The molecule has 3 N–H and O–H groups in total. The van der Waals surface area contributed by atoms with Gasteiger partial charge in [-0.15, -0.1) is 0 Å². The minimum Gasteiger partial charge on any atom is -0.392 e. The van der Waals surface area contributed by atoms with Crippen LogP contribution in [0.15, 0.2) is 23.1 Å². The smallest absolute Gasteiger partial charge is 0.241 e. The molecule has 0 bridgehead atoms. The first kappa shape index (κ1) is 15.0. The van der Waals surface area contributed by atoms with Gasteiger partial charge in [0, 0.05) is 0 Å². The predicted molar refractivity (Wildman–Crippen MR) is 80.1 cm³/mol. The molecule has 2 rings (SSSR count). The van der Waals surface area contributed by atoms with Gasteiger partial charge in [-0.05, 0) is 37.0 Å². The third-order valence-electron chi connectivity index (χ3n) is 2.88. The van der Waals surface area contributed by atoms with E-state index in [1.54, 1.807) is 0 Å². The van der Waals surface area contributed by atoms with Gasteiger partial charge in [0.1, 0.15) is 0 Å². The van der Waals surface area contributed by atoms with Crippen LogP contribution >= 0.6 is 35.4 Å². The summed E-state index contributed by atoms with van der Waals surface area (Å²) in [4.78, 5) is 0.204. The molecule has 1 unspecified atom stereocenters. The number of nitrogens with two attached hydrogens (primary N) is 1. The number of rotatable bonds is 5. The molecule has 0 saturated heterocycles. The number of nitrogens with one attached hydrogen (secondary N) is 1. The van der Waals surface area contributed by atoms with E-state index in [4.69, 9.17) is 41.2 Å². The quantitative estimate of drug-likeness (QED) is 0.808. The summed E-state index contributed by atoms with van der Waals surface area (Å²) in [7, 11) is -3.71. The summed E-state index contributed by atoms with van der Waals surface area (Å²) >= 11 is 16.5. The lowest BCUT2D eigenvalue weighted by Crippen LogP contribution is -2.44. The maximum Gasteiger partial charge on any atom is 0.241 e. The minimum atomic E-state index is -3.71. The van der Waals surface area contributed by atoms with Crippen molar-refractivity contribution in [1.29, 1.82) is 0 Å². The number of hydrogen-bond donors (Lipinski definition) is 2. The van der Waals surface area contributed by atoms with Crippen LogP contribution in [0.2, 0.25) is 10.0 Å². The van der Waals surface area contributed by atoms with Crippen LogP contribution in [0.3, 0.4) is 0 Å². The van der Waals surface area contributed by atoms with Crippen LogP contribution in [-0.2, 0) is 10.0 Å². The van der Waals surface area contributed by atoms with Crippen molar-refractivity contribution in [2.75, 3.05) is 0 Å². The lowest BCUT2D eigenvalue weighted by atomic mass is 10.2.